The van der Waals surface area contributed by atoms with Crippen LogP contribution in [-0.4, -0.2) is 20.6 Å². The minimum absolute atomic E-state index is 0.0180. The summed E-state index contributed by atoms with van der Waals surface area (Å²) in [4.78, 5) is 22.6. The second kappa shape index (κ2) is 6.42. The second-order valence-electron chi connectivity index (χ2n) is 4.78. The highest BCUT2D eigenvalue weighted by Gasteiger charge is 2.17. The molecule has 1 aromatic heterocycles. The molecule has 0 saturated heterocycles. The maximum atomic E-state index is 12.3. The van der Waals surface area contributed by atoms with Gasteiger partial charge in [0.05, 0.1) is 10.6 Å². The Hall–Kier alpha value is -2.98. The van der Waals surface area contributed by atoms with Crippen molar-refractivity contribution < 1.29 is 9.72 Å². The van der Waals surface area contributed by atoms with Gasteiger partial charge in [-0.05, 0) is 37.6 Å². The summed E-state index contributed by atoms with van der Waals surface area (Å²) in [6.07, 6.45) is 1.27. The molecule has 0 amide bonds. The lowest BCUT2D eigenvalue weighted by Gasteiger charge is -2.02. The maximum Gasteiger partial charge on any atom is 0.289 e. The Labute approximate surface area is 136 Å². The smallest absolute Gasteiger partial charge is 0.266 e. The van der Waals surface area contributed by atoms with Crippen LogP contribution in [0.25, 0.3) is 6.08 Å². The second-order valence-corrected chi connectivity index (χ2v) is 5.19. The van der Waals surface area contributed by atoms with Crippen molar-refractivity contribution in [2.45, 2.75) is 13.8 Å². The zero-order valence-corrected chi connectivity index (χ0v) is 13.0. The number of carbonyl (C=O) groups excluding carboxylic acids is 1. The summed E-state index contributed by atoms with van der Waals surface area (Å²) in [5, 5.41) is 24.1. The molecule has 2 rings (SSSR count). The van der Waals surface area contributed by atoms with E-state index >= 15 is 0 Å². The third-order valence-electron chi connectivity index (χ3n) is 3.03. The standard InChI is InChI=1S/C15H11ClN4O3/c1-9-5-10(2)19(18-9)15(21)12(8-17)6-11-3-4-13(16)14(7-11)20(22)23/h3-7H,1-2H3/b12-6+. The van der Waals surface area contributed by atoms with Crippen LogP contribution in [0.4, 0.5) is 5.69 Å². The lowest BCUT2D eigenvalue weighted by Crippen LogP contribution is -2.15. The minimum atomic E-state index is -0.630. The number of hydrogen-bond donors (Lipinski definition) is 0. The van der Waals surface area contributed by atoms with Gasteiger partial charge in [0, 0.05) is 11.8 Å². The van der Waals surface area contributed by atoms with Crippen molar-refractivity contribution in [3.05, 3.63) is 61.9 Å². The Morgan fingerprint density at radius 2 is 2.13 bits per heavy atom. The molecule has 0 spiro atoms. The van der Waals surface area contributed by atoms with E-state index in [1.165, 1.54) is 24.3 Å². The Morgan fingerprint density at radius 1 is 1.43 bits per heavy atom. The lowest BCUT2D eigenvalue weighted by atomic mass is 10.1. The first-order valence-corrected chi connectivity index (χ1v) is 6.85. The number of nitro benzene ring substituents is 1. The average molecular weight is 331 g/mol. The van der Waals surface area contributed by atoms with Crippen LogP contribution < -0.4 is 0 Å². The molecule has 2 aromatic rings. The van der Waals surface area contributed by atoms with Gasteiger partial charge in [-0.1, -0.05) is 17.7 Å². The summed E-state index contributed by atoms with van der Waals surface area (Å²) < 4.78 is 1.12. The predicted molar refractivity (Wildman–Crippen MR) is 84.0 cm³/mol. The SMILES string of the molecule is Cc1cc(C)n(C(=O)/C(C#N)=C/c2ccc(Cl)c([N+](=O)[O-])c2)n1. The monoisotopic (exact) mass is 330 g/mol. The summed E-state index contributed by atoms with van der Waals surface area (Å²) in [5.74, 6) is -0.601. The third-order valence-corrected chi connectivity index (χ3v) is 3.35. The van der Waals surface area contributed by atoms with Gasteiger partial charge in [-0.2, -0.15) is 10.4 Å². The third kappa shape index (κ3) is 3.44. The summed E-state index contributed by atoms with van der Waals surface area (Å²) in [5.41, 5.74) is 1.09. The highest BCUT2D eigenvalue weighted by Crippen LogP contribution is 2.26. The molecule has 116 valence electrons. The average Bonchev–Trinajstić information content (AvgIpc) is 2.84. The van der Waals surface area contributed by atoms with E-state index in [2.05, 4.69) is 5.10 Å². The van der Waals surface area contributed by atoms with E-state index in [0.29, 0.717) is 17.0 Å². The number of benzene rings is 1. The van der Waals surface area contributed by atoms with Crippen molar-refractivity contribution in [1.29, 1.82) is 5.26 Å². The van der Waals surface area contributed by atoms with Crippen molar-refractivity contribution in [3.63, 3.8) is 0 Å². The molecule has 0 atom stereocenters. The first-order chi connectivity index (χ1) is 10.8. The molecule has 0 radical (unpaired) electrons. The lowest BCUT2D eigenvalue weighted by molar-refractivity contribution is -0.384. The molecule has 7 nitrogen and oxygen atoms in total. The normalized spacial score (nSPS) is 11.1. The molecule has 1 heterocycles. The number of allylic oxidation sites excluding steroid dienone is 1. The summed E-state index contributed by atoms with van der Waals surface area (Å²) in [7, 11) is 0. The van der Waals surface area contributed by atoms with Gasteiger partial charge in [-0.15, -0.1) is 0 Å². The number of aryl methyl sites for hydroxylation is 2. The highest BCUT2D eigenvalue weighted by atomic mass is 35.5. The van der Waals surface area contributed by atoms with E-state index < -0.39 is 10.8 Å². The van der Waals surface area contributed by atoms with Gasteiger partial charge in [0.1, 0.15) is 16.7 Å². The number of rotatable bonds is 3. The number of carbonyl (C=O) groups is 1. The van der Waals surface area contributed by atoms with Crippen LogP contribution in [0.2, 0.25) is 5.02 Å². The molecule has 0 fully saturated rings. The van der Waals surface area contributed by atoms with Crippen molar-refractivity contribution in [2.24, 2.45) is 0 Å². The molecule has 0 saturated carbocycles. The maximum absolute atomic E-state index is 12.3. The number of hydrogen-bond acceptors (Lipinski definition) is 5. The van der Waals surface area contributed by atoms with E-state index in [1.807, 2.05) is 0 Å². The topological polar surface area (TPSA) is 102 Å². The Morgan fingerprint density at radius 3 is 2.65 bits per heavy atom. The van der Waals surface area contributed by atoms with Gasteiger partial charge < -0.3 is 0 Å². The molecule has 0 N–H and O–H groups in total. The minimum Gasteiger partial charge on any atom is -0.266 e. The first-order valence-electron chi connectivity index (χ1n) is 6.47. The van der Waals surface area contributed by atoms with Gasteiger partial charge in [-0.25, -0.2) is 4.68 Å². The molecular weight excluding hydrogens is 320 g/mol. The molecule has 0 aliphatic heterocycles. The fourth-order valence-electron chi connectivity index (χ4n) is 2.02. The molecule has 0 aliphatic carbocycles. The van der Waals surface area contributed by atoms with Crippen LogP contribution in [0.15, 0.2) is 29.8 Å². The molecule has 0 unspecified atom stereocenters. The van der Waals surface area contributed by atoms with Crippen LogP contribution in [0, 0.1) is 35.3 Å². The predicted octanol–water partition coefficient (Wildman–Crippen LogP) is 3.31. The number of nitro groups is 1. The number of nitriles is 1. The van der Waals surface area contributed by atoms with Crippen molar-refractivity contribution >= 4 is 29.3 Å². The van der Waals surface area contributed by atoms with Gasteiger partial charge in [-0.3, -0.25) is 14.9 Å². The molecule has 8 heteroatoms. The van der Waals surface area contributed by atoms with Crippen molar-refractivity contribution in [3.8, 4) is 6.07 Å². The fraction of sp³-hybridized carbons (Fsp3) is 0.133. The van der Waals surface area contributed by atoms with Gasteiger partial charge in [0.2, 0.25) is 0 Å². The summed E-state index contributed by atoms with van der Waals surface area (Å²) in [6, 6.07) is 7.54. The van der Waals surface area contributed by atoms with Crippen LogP contribution >= 0.6 is 11.6 Å². The van der Waals surface area contributed by atoms with Crippen LogP contribution in [0.1, 0.15) is 21.7 Å². The first kappa shape index (κ1) is 16.4. The van der Waals surface area contributed by atoms with E-state index in [0.717, 1.165) is 4.68 Å². The van der Waals surface area contributed by atoms with Crippen molar-refractivity contribution in [2.75, 3.05) is 0 Å². The van der Waals surface area contributed by atoms with E-state index in [1.54, 1.807) is 26.0 Å². The van der Waals surface area contributed by atoms with Crippen LogP contribution in [0.5, 0.6) is 0 Å². The fourth-order valence-corrected chi connectivity index (χ4v) is 2.20. The molecular formula is C15H11ClN4O3. The number of nitrogens with zero attached hydrogens (tertiary/aromatic N) is 4. The zero-order chi connectivity index (χ0) is 17.1. The highest BCUT2D eigenvalue weighted by molar-refractivity contribution is 6.32. The van der Waals surface area contributed by atoms with Gasteiger partial charge in [0.25, 0.3) is 11.6 Å². The molecule has 0 aliphatic rings. The van der Waals surface area contributed by atoms with E-state index in [9.17, 15) is 20.2 Å². The summed E-state index contributed by atoms with van der Waals surface area (Å²) in [6.45, 7) is 3.43. The largest absolute Gasteiger partial charge is 0.289 e. The van der Waals surface area contributed by atoms with Crippen molar-refractivity contribution in [1.82, 2.24) is 9.78 Å². The Kier molecular flexibility index (Phi) is 4.57. The number of aromatic nitrogens is 2. The molecule has 0 bridgehead atoms. The van der Waals surface area contributed by atoms with Gasteiger partial charge in [0.15, 0.2) is 0 Å². The van der Waals surface area contributed by atoms with Crippen LogP contribution in [-0.2, 0) is 0 Å². The number of halogens is 1. The molecule has 23 heavy (non-hydrogen) atoms. The molecule has 1 aromatic carbocycles. The van der Waals surface area contributed by atoms with Crippen LogP contribution in [0.3, 0.4) is 0 Å². The van der Waals surface area contributed by atoms with E-state index in [-0.39, 0.29) is 16.3 Å². The Balaban J connectivity index is 2.45. The summed E-state index contributed by atoms with van der Waals surface area (Å²) >= 11 is 5.74. The van der Waals surface area contributed by atoms with E-state index in [4.69, 9.17) is 11.6 Å². The quantitative estimate of drug-likeness (QED) is 0.372. The van der Waals surface area contributed by atoms with Gasteiger partial charge >= 0.3 is 0 Å². The Bertz CT molecular complexity index is 877. The zero-order valence-electron chi connectivity index (χ0n) is 12.3.